The van der Waals surface area contributed by atoms with E-state index in [9.17, 15) is 4.91 Å². The quantitative estimate of drug-likeness (QED) is 0.598. The summed E-state index contributed by atoms with van der Waals surface area (Å²) in [6.45, 7) is 0. The molecule has 0 bridgehead atoms. The molecule has 0 spiro atoms. The fourth-order valence-electron chi connectivity index (χ4n) is 1.12. The highest BCUT2D eigenvalue weighted by Gasteiger charge is 1.94. The molecule has 0 unspecified atom stereocenters. The molecule has 0 fully saturated rings. The Hall–Kier alpha value is -1.77. The minimum atomic E-state index is 0.440. The van der Waals surface area contributed by atoms with Crippen molar-refractivity contribution >= 4 is 16.6 Å². The van der Waals surface area contributed by atoms with Crippen LogP contribution in [-0.2, 0) is 0 Å². The van der Waals surface area contributed by atoms with E-state index in [-0.39, 0.29) is 0 Å². The molecular formula is C9H6N2O. The molecule has 0 aliphatic carbocycles. The van der Waals surface area contributed by atoms with Crippen molar-refractivity contribution in [2.24, 2.45) is 5.18 Å². The van der Waals surface area contributed by atoms with Crippen LogP contribution < -0.4 is 0 Å². The van der Waals surface area contributed by atoms with Gasteiger partial charge >= 0.3 is 0 Å². The maximum atomic E-state index is 10.2. The molecule has 12 heavy (non-hydrogen) atoms. The second kappa shape index (κ2) is 2.70. The first-order valence-corrected chi connectivity index (χ1v) is 3.58. The Labute approximate surface area is 69.0 Å². The van der Waals surface area contributed by atoms with Crippen LogP contribution in [0, 0.1) is 4.91 Å². The van der Waals surface area contributed by atoms with Crippen LogP contribution >= 0.6 is 0 Å². The smallest absolute Gasteiger partial charge is 0.108 e. The zero-order chi connectivity index (χ0) is 8.39. The molecule has 0 amide bonds. The summed E-state index contributed by atoms with van der Waals surface area (Å²) in [6.07, 6.45) is 1.72. The Morgan fingerprint density at radius 3 is 3.00 bits per heavy atom. The van der Waals surface area contributed by atoms with Crippen LogP contribution in [0.25, 0.3) is 10.9 Å². The highest BCUT2D eigenvalue weighted by Crippen LogP contribution is 2.18. The molecule has 1 aromatic heterocycles. The van der Waals surface area contributed by atoms with Crippen LogP contribution in [0.4, 0.5) is 5.69 Å². The zero-order valence-corrected chi connectivity index (χ0v) is 6.27. The first-order valence-electron chi connectivity index (χ1n) is 3.58. The van der Waals surface area contributed by atoms with Gasteiger partial charge in [0.2, 0.25) is 0 Å². The van der Waals surface area contributed by atoms with Gasteiger partial charge in [-0.1, -0.05) is 6.07 Å². The summed E-state index contributed by atoms with van der Waals surface area (Å²) in [5, 5.41) is 3.78. The summed E-state index contributed by atoms with van der Waals surface area (Å²) in [5.74, 6) is 0. The third-order valence-corrected chi connectivity index (χ3v) is 1.69. The third-order valence-electron chi connectivity index (χ3n) is 1.69. The first kappa shape index (κ1) is 6.91. The summed E-state index contributed by atoms with van der Waals surface area (Å²) in [6, 6.07) is 8.89. The van der Waals surface area contributed by atoms with Gasteiger partial charge in [-0.15, -0.1) is 4.91 Å². The largest absolute Gasteiger partial charge is 0.256 e. The van der Waals surface area contributed by atoms with Crippen molar-refractivity contribution in [3.63, 3.8) is 0 Å². The van der Waals surface area contributed by atoms with Crippen molar-refractivity contribution < 1.29 is 0 Å². The molecular weight excluding hydrogens is 152 g/mol. The molecule has 0 N–H and O–H groups in total. The van der Waals surface area contributed by atoms with Crippen molar-refractivity contribution in [3.8, 4) is 0 Å². The molecule has 2 rings (SSSR count). The van der Waals surface area contributed by atoms with E-state index in [2.05, 4.69) is 10.2 Å². The van der Waals surface area contributed by atoms with Gasteiger partial charge in [-0.2, -0.15) is 0 Å². The van der Waals surface area contributed by atoms with E-state index in [1.54, 1.807) is 24.4 Å². The lowest BCUT2D eigenvalue weighted by atomic mass is 10.2. The van der Waals surface area contributed by atoms with Crippen LogP contribution in [0.5, 0.6) is 0 Å². The predicted octanol–water partition coefficient (Wildman–Crippen LogP) is 2.63. The number of aromatic nitrogens is 1. The Kier molecular flexibility index (Phi) is 1.55. The molecule has 3 nitrogen and oxygen atoms in total. The maximum Gasteiger partial charge on any atom is 0.108 e. The third kappa shape index (κ3) is 1.05. The number of nitrogens with zero attached hydrogens (tertiary/aromatic N) is 2. The Morgan fingerprint density at radius 1 is 1.25 bits per heavy atom. The lowest BCUT2D eigenvalue weighted by molar-refractivity contribution is 1.40. The minimum absolute atomic E-state index is 0.440. The molecule has 0 aliphatic heterocycles. The Balaban J connectivity index is 2.75. The van der Waals surface area contributed by atoms with Gasteiger partial charge in [-0.3, -0.25) is 4.98 Å². The summed E-state index contributed by atoms with van der Waals surface area (Å²) >= 11 is 0. The second-order valence-corrected chi connectivity index (χ2v) is 2.47. The molecule has 0 saturated carbocycles. The molecule has 3 heteroatoms. The average Bonchev–Trinajstić information content (AvgIpc) is 2.17. The number of benzene rings is 1. The number of pyridine rings is 1. The van der Waals surface area contributed by atoms with Crippen molar-refractivity contribution in [3.05, 3.63) is 41.4 Å². The van der Waals surface area contributed by atoms with E-state index in [0.29, 0.717) is 5.69 Å². The van der Waals surface area contributed by atoms with Crippen molar-refractivity contribution in [1.82, 2.24) is 4.98 Å². The van der Waals surface area contributed by atoms with E-state index in [1.165, 1.54) is 0 Å². The monoisotopic (exact) mass is 158 g/mol. The lowest BCUT2D eigenvalue weighted by Crippen LogP contribution is -1.75. The fourth-order valence-corrected chi connectivity index (χ4v) is 1.12. The normalized spacial score (nSPS) is 10.0. The van der Waals surface area contributed by atoms with Crippen molar-refractivity contribution in [2.45, 2.75) is 0 Å². The van der Waals surface area contributed by atoms with E-state index in [1.807, 2.05) is 12.1 Å². The van der Waals surface area contributed by atoms with Gasteiger partial charge in [-0.25, -0.2) is 0 Å². The fraction of sp³-hybridized carbons (Fsp3) is 0. The molecule has 1 aromatic carbocycles. The number of fused-ring (bicyclic) bond motifs is 1. The van der Waals surface area contributed by atoms with Gasteiger partial charge in [0.05, 0.1) is 5.52 Å². The number of nitroso groups, excluding NO2 is 1. The topological polar surface area (TPSA) is 42.3 Å². The lowest BCUT2D eigenvalue weighted by Gasteiger charge is -1.94. The summed E-state index contributed by atoms with van der Waals surface area (Å²) in [5.41, 5.74) is 1.32. The first-order chi connectivity index (χ1) is 5.90. The van der Waals surface area contributed by atoms with E-state index >= 15 is 0 Å². The van der Waals surface area contributed by atoms with Gasteiger partial charge in [0.25, 0.3) is 0 Å². The van der Waals surface area contributed by atoms with Gasteiger partial charge in [0, 0.05) is 11.6 Å². The molecule has 0 atom stereocenters. The summed E-state index contributed by atoms with van der Waals surface area (Å²) < 4.78 is 0. The molecule has 1 heterocycles. The standard InChI is InChI=1S/C9H6N2O/c12-11-8-3-4-9-7(6-8)2-1-5-10-9/h1-6H. The number of rotatable bonds is 1. The highest BCUT2D eigenvalue weighted by molar-refractivity contribution is 5.81. The van der Waals surface area contributed by atoms with E-state index < -0.39 is 0 Å². The highest BCUT2D eigenvalue weighted by atomic mass is 16.3. The molecule has 0 saturated heterocycles. The zero-order valence-electron chi connectivity index (χ0n) is 6.27. The minimum Gasteiger partial charge on any atom is -0.256 e. The number of hydrogen-bond donors (Lipinski definition) is 0. The van der Waals surface area contributed by atoms with Crippen LogP contribution in [0.15, 0.2) is 41.7 Å². The number of hydrogen-bond acceptors (Lipinski definition) is 3. The maximum absolute atomic E-state index is 10.2. The van der Waals surface area contributed by atoms with Crippen LogP contribution in [0.1, 0.15) is 0 Å². The van der Waals surface area contributed by atoms with Crippen molar-refractivity contribution in [2.75, 3.05) is 0 Å². The van der Waals surface area contributed by atoms with Gasteiger partial charge in [0.15, 0.2) is 0 Å². The SMILES string of the molecule is O=Nc1ccc2ncccc2c1. The van der Waals surface area contributed by atoms with Gasteiger partial charge < -0.3 is 0 Å². The van der Waals surface area contributed by atoms with E-state index in [4.69, 9.17) is 0 Å². The van der Waals surface area contributed by atoms with Gasteiger partial charge in [-0.05, 0) is 29.4 Å². The Morgan fingerprint density at radius 2 is 2.17 bits per heavy atom. The Bertz CT molecular complexity index is 426. The molecule has 58 valence electrons. The summed E-state index contributed by atoms with van der Waals surface area (Å²) in [4.78, 5) is 14.3. The molecule has 2 aromatic rings. The molecule has 0 aliphatic rings. The van der Waals surface area contributed by atoms with Crippen LogP contribution in [0.2, 0.25) is 0 Å². The second-order valence-electron chi connectivity index (χ2n) is 2.47. The summed E-state index contributed by atoms with van der Waals surface area (Å²) in [7, 11) is 0. The van der Waals surface area contributed by atoms with Gasteiger partial charge in [0.1, 0.15) is 5.69 Å². The van der Waals surface area contributed by atoms with Crippen LogP contribution in [-0.4, -0.2) is 4.98 Å². The predicted molar refractivity (Wildman–Crippen MR) is 47.2 cm³/mol. The average molecular weight is 158 g/mol. The van der Waals surface area contributed by atoms with Crippen molar-refractivity contribution in [1.29, 1.82) is 0 Å². The van der Waals surface area contributed by atoms with E-state index in [0.717, 1.165) is 10.9 Å². The molecule has 0 radical (unpaired) electrons. The van der Waals surface area contributed by atoms with Crippen LogP contribution in [0.3, 0.4) is 0 Å².